The molecule has 0 unspecified atom stereocenters. The summed E-state index contributed by atoms with van der Waals surface area (Å²) in [6.07, 6.45) is 0.700. The molecule has 9 heteroatoms. The van der Waals surface area contributed by atoms with Gasteiger partial charge in [0.2, 0.25) is 11.7 Å². The molecule has 1 aliphatic rings. The Morgan fingerprint density at radius 2 is 1.90 bits per heavy atom. The van der Waals surface area contributed by atoms with Crippen molar-refractivity contribution < 1.29 is 13.7 Å². The van der Waals surface area contributed by atoms with E-state index in [1.807, 2.05) is 31.2 Å². The van der Waals surface area contributed by atoms with Crippen molar-refractivity contribution in [2.45, 2.75) is 13.3 Å². The fraction of sp³-hybridized carbons (Fsp3) is 0.286. The van der Waals surface area contributed by atoms with E-state index in [1.54, 1.807) is 11.0 Å². The highest BCUT2D eigenvalue weighted by Gasteiger charge is 2.23. The van der Waals surface area contributed by atoms with E-state index >= 15 is 0 Å². The molecule has 1 aromatic heterocycles. The summed E-state index contributed by atoms with van der Waals surface area (Å²) in [6, 6.07) is 11.9. The summed E-state index contributed by atoms with van der Waals surface area (Å²) in [7, 11) is 0. The molecule has 3 aromatic rings. The third-order valence-corrected chi connectivity index (χ3v) is 5.34. The Labute approximate surface area is 178 Å². The first-order valence-corrected chi connectivity index (χ1v) is 10.1. The molecule has 0 radical (unpaired) electrons. The minimum atomic E-state index is -0.553. The van der Waals surface area contributed by atoms with Gasteiger partial charge in [-0.1, -0.05) is 29.7 Å². The van der Waals surface area contributed by atoms with Crippen molar-refractivity contribution in [1.82, 2.24) is 15.0 Å². The van der Waals surface area contributed by atoms with E-state index in [4.69, 9.17) is 16.1 Å². The smallest absolute Gasteiger partial charge is 0.322 e. The van der Waals surface area contributed by atoms with Crippen LogP contribution >= 0.6 is 11.6 Å². The minimum Gasteiger partial charge on any atom is -0.368 e. The maximum Gasteiger partial charge on any atom is 0.322 e. The van der Waals surface area contributed by atoms with Crippen molar-refractivity contribution in [3.05, 3.63) is 59.2 Å². The molecule has 7 nitrogen and oxygen atoms in total. The van der Waals surface area contributed by atoms with Crippen LogP contribution in [0.1, 0.15) is 12.8 Å². The highest BCUT2D eigenvalue weighted by atomic mass is 35.5. The van der Waals surface area contributed by atoms with Gasteiger partial charge in [-0.2, -0.15) is 4.98 Å². The zero-order valence-electron chi connectivity index (χ0n) is 16.4. The van der Waals surface area contributed by atoms with E-state index in [2.05, 4.69) is 20.4 Å². The lowest BCUT2D eigenvalue weighted by atomic mass is 10.1. The number of para-hydroxylation sites is 1. The van der Waals surface area contributed by atoms with Crippen LogP contribution in [0, 0.1) is 5.82 Å². The van der Waals surface area contributed by atoms with Gasteiger partial charge < -0.3 is 19.6 Å². The number of hydrogen-bond donors (Lipinski definition) is 1. The van der Waals surface area contributed by atoms with Crippen LogP contribution in [0.4, 0.5) is 20.6 Å². The van der Waals surface area contributed by atoms with Gasteiger partial charge in [-0.25, -0.2) is 9.18 Å². The molecule has 1 aliphatic heterocycles. The molecule has 1 fully saturated rings. The Morgan fingerprint density at radius 3 is 2.53 bits per heavy atom. The van der Waals surface area contributed by atoms with E-state index < -0.39 is 5.82 Å². The number of nitrogens with one attached hydrogen (secondary N) is 1. The lowest BCUT2D eigenvalue weighted by Gasteiger charge is -2.36. The van der Waals surface area contributed by atoms with Crippen molar-refractivity contribution in [3.8, 4) is 11.4 Å². The van der Waals surface area contributed by atoms with Gasteiger partial charge in [0.05, 0.1) is 10.7 Å². The number of carbonyl (C=O) groups excluding carboxylic acids is 1. The highest BCUT2D eigenvalue weighted by Crippen LogP contribution is 2.26. The molecule has 1 saturated heterocycles. The second-order valence-electron chi connectivity index (χ2n) is 6.91. The van der Waals surface area contributed by atoms with Gasteiger partial charge in [0, 0.05) is 43.9 Å². The Kier molecular flexibility index (Phi) is 5.85. The number of rotatable bonds is 4. The fourth-order valence-corrected chi connectivity index (χ4v) is 3.52. The Bertz CT molecular complexity index is 1010. The van der Waals surface area contributed by atoms with E-state index in [-0.39, 0.29) is 16.7 Å². The molecular weight excluding hydrogens is 409 g/mol. The van der Waals surface area contributed by atoms with Crippen LogP contribution in [0.5, 0.6) is 0 Å². The van der Waals surface area contributed by atoms with Gasteiger partial charge in [-0.3, -0.25) is 0 Å². The minimum absolute atomic E-state index is 0.00915. The third-order valence-electron chi connectivity index (χ3n) is 5.02. The largest absolute Gasteiger partial charge is 0.368 e. The number of aryl methyl sites for hydroxylation is 1. The topological polar surface area (TPSA) is 74.5 Å². The van der Waals surface area contributed by atoms with E-state index in [1.165, 1.54) is 12.1 Å². The predicted octanol–water partition coefficient (Wildman–Crippen LogP) is 4.45. The molecular formula is C21H21ClFN5O2. The number of hydrogen-bond acceptors (Lipinski definition) is 5. The number of amides is 2. The van der Waals surface area contributed by atoms with Gasteiger partial charge in [0.25, 0.3) is 0 Å². The Hall–Kier alpha value is -3.13. The fourth-order valence-electron chi connectivity index (χ4n) is 3.31. The number of benzene rings is 2. The summed E-state index contributed by atoms with van der Waals surface area (Å²) >= 11 is 5.99. The van der Waals surface area contributed by atoms with Crippen molar-refractivity contribution in [2.24, 2.45) is 0 Å². The van der Waals surface area contributed by atoms with Crippen LogP contribution in [0.3, 0.4) is 0 Å². The molecule has 1 N–H and O–H groups in total. The van der Waals surface area contributed by atoms with Crippen molar-refractivity contribution in [3.63, 3.8) is 0 Å². The summed E-state index contributed by atoms with van der Waals surface area (Å²) in [5.41, 5.74) is 1.95. The Morgan fingerprint density at radius 1 is 1.17 bits per heavy atom. The molecule has 30 heavy (non-hydrogen) atoms. The second kappa shape index (κ2) is 8.71. The maximum atomic E-state index is 13.9. The maximum absolute atomic E-state index is 13.9. The van der Waals surface area contributed by atoms with Crippen molar-refractivity contribution >= 4 is 29.0 Å². The van der Waals surface area contributed by atoms with Crippen LogP contribution in [0.15, 0.2) is 47.0 Å². The first-order chi connectivity index (χ1) is 14.5. The zero-order chi connectivity index (χ0) is 21.1. The average Bonchev–Trinajstić information content (AvgIpc) is 3.26. The average molecular weight is 430 g/mol. The molecule has 0 spiro atoms. The van der Waals surface area contributed by atoms with Crippen LogP contribution in [-0.4, -0.2) is 47.3 Å². The van der Waals surface area contributed by atoms with Gasteiger partial charge >= 0.3 is 6.03 Å². The van der Waals surface area contributed by atoms with E-state index in [0.29, 0.717) is 44.3 Å². The summed E-state index contributed by atoms with van der Waals surface area (Å²) < 4.78 is 19.1. The van der Waals surface area contributed by atoms with Gasteiger partial charge in [-0.05, 0) is 36.4 Å². The quantitative estimate of drug-likeness (QED) is 0.663. The van der Waals surface area contributed by atoms with Gasteiger partial charge in [0.15, 0.2) is 0 Å². The second-order valence-corrected chi connectivity index (χ2v) is 7.32. The molecule has 0 atom stereocenters. The summed E-state index contributed by atoms with van der Waals surface area (Å²) in [5, 5.41) is 6.74. The molecule has 2 heterocycles. The first-order valence-electron chi connectivity index (χ1n) is 9.73. The number of piperazine rings is 1. The van der Waals surface area contributed by atoms with Crippen LogP contribution in [-0.2, 0) is 6.42 Å². The SMILES string of the molecule is CCc1nc(-c2ccc(N3CCN(C(=O)Nc4c(F)cccc4Cl)CC3)cc2)no1. The predicted molar refractivity (Wildman–Crippen MR) is 113 cm³/mol. The first kappa shape index (κ1) is 20.2. The van der Waals surface area contributed by atoms with E-state index in [0.717, 1.165) is 11.3 Å². The van der Waals surface area contributed by atoms with Crippen LogP contribution < -0.4 is 10.2 Å². The molecule has 2 amide bonds. The lowest BCUT2D eigenvalue weighted by molar-refractivity contribution is 0.208. The summed E-state index contributed by atoms with van der Waals surface area (Å²) in [6.45, 7) is 4.33. The number of halogens is 2. The molecule has 0 bridgehead atoms. The van der Waals surface area contributed by atoms with Gasteiger partial charge in [-0.15, -0.1) is 0 Å². The van der Waals surface area contributed by atoms with Crippen molar-refractivity contribution in [1.29, 1.82) is 0 Å². The highest BCUT2D eigenvalue weighted by molar-refractivity contribution is 6.33. The molecule has 0 saturated carbocycles. The monoisotopic (exact) mass is 429 g/mol. The lowest BCUT2D eigenvalue weighted by Crippen LogP contribution is -2.50. The van der Waals surface area contributed by atoms with Crippen molar-refractivity contribution in [2.75, 3.05) is 36.4 Å². The van der Waals surface area contributed by atoms with Gasteiger partial charge in [0.1, 0.15) is 5.82 Å². The number of carbonyl (C=O) groups is 1. The number of aromatic nitrogens is 2. The normalized spacial score (nSPS) is 14.1. The molecule has 2 aromatic carbocycles. The number of urea groups is 1. The zero-order valence-corrected chi connectivity index (χ0v) is 17.2. The molecule has 0 aliphatic carbocycles. The summed E-state index contributed by atoms with van der Waals surface area (Å²) in [5.74, 6) is 0.633. The van der Waals surface area contributed by atoms with Crippen LogP contribution in [0.25, 0.3) is 11.4 Å². The molecule has 4 rings (SSSR count). The van der Waals surface area contributed by atoms with Crippen LogP contribution in [0.2, 0.25) is 5.02 Å². The number of nitrogens with zero attached hydrogens (tertiary/aromatic N) is 4. The third kappa shape index (κ3) is 4.23. The number of anilines is 2. The van der Waals surface area contributed by atoms with E-state index in [9.17, 15) is 9.18 Å². The summed E-state index contributed by atoms with van der Waals surface area (Å²) in [4.78, 5) is 20.7. The molecule has 156 valence electrons. The standard InChI is InChI=1S/C21H21ClFN5O2/c1-2-18-24-20(26-30-18)14-6-8-15(9-7-14)27-10-12-28(13-11-27)21(29)25-19-16(22)4-3-5-17(19)23/h3-9H,2,10-13H2,1H3,(H,25,29). The Balaban J connectivity index is 1.35.